The predicted octanol–water partition coefficient (Wildman–Crippen LogP) is -0.245. The number of carboxylic acid groups (broad SMARTS) is 1. The van der Waals surface area contributed by atoms with Crippen molar-refractivity contribution >= 4 is 5.97 Å². The summed E-state index contributed by atoms with van der Waals surface area (Å²) in [6, 6.07) is -0.795. The summed E-state index contributed by atoms with van der Waals surface area (Å²) >= 11 is 0. The van der Waals surface area contributed by atoms with Gasteiger partial charge < -0.3 is 15.6 Å². The van der Waals surface area contributed by atoms with Crippen LogP contribution < -0.4 is 5.73 Å². The number of nitrogens with zero attached hydrogens (tertiary/aromatic N) is 1. The van der Waals surface area contributed by atoms with Crippen LogP contribution in [0.3, 0.4) is 0 Å². The maximum Gasteiger partial charge on any atom is 0.321 e. The largest absolute Gasteiger partial charge is 0.480 e. The molecule has 0 amide bonds. The second-order valence-corrected chi connectivity index (χ2v) is 4.24. The van der Waals surface area contributed by atoms with Gasteiger partial charge in [-0.05, 0) is 18.9 Å². The van der Waals surface area contributed by atoms with Crippen LogP contribution in [0.25, 0.3) is 0 Å². The van der Waals surface area contributed by atoms with Crippen molar-refractivity contribution in [3.63, 3.8) is 0 Å². The molecule has 0 saturated carbocycles. The summed E-state index contributed by atoms with van der Waals surface area (Å²) in [6.07, 6.45) is 1.23. The summed E-state index contributed by atoms with van der Waals surface area (Å²) in [5, 5.41) is 8.70. The first-order valence-electron chi connectivity index (χ1n) is 5.28. The van der Waals surface area contributed by atoms with Crippen LogP contribution >= 0.6 is 0 Å². The van der Waals surface area contributed by atoms with E-state index in [2.05, 4.69) is 11.8 Å². The van der Waals surface area contributed by atoms with E-state index < -0.39 is 12.0 Å². The SMILES string of the molecule is COC1CN(CC(N)C(=O)O)CCC1C. The third kappa shape index (κ3) is 3.44. The van der Waals surface area contributed by atoms with E-state index in [1.165, 1.54) is 0 Å². The molecule has 3 N–H and O–H groups in total. The Morgan fingerprint density at radius 1 is 1.73 bits per heavy atom. The van der Waals surface area contributed by atoms with E-state index >= 15 is 0 Å². The van der Waals surface area contributed by atoms with Crippen LogP contribution in [-0.2, 0) is 9.53 Å². The fourth-order valence-corrected chi connectivity index (χ4v) is 1.93. The summed E-state index contributed by atoms with van der Waals surface area (Å²) in [7, 11) is 1.70. The van der Waals surface area contributed by atoms with Gasteiger partial charge >= 0.3 is 5.97 Å². The smallest absolute Gasteiger partial charge is 0.321 e. The van der Waals surface area contributed by atoms with Crippen molar-refractivity contribution in [3.8, 4) is 0 Å². The van der Waals surface area contributed by atoms with E-state index in [1.54, 1.807) is 7.11 Å². The zero-order valence-corrected chi connectivity index (χ0v) is 9.35. The van der Waals surface area contributed by atoms with Crippen LogP contribution in [0.4, 0.5) is 0 Å². The molecule has 1 rings (SSSR count). The molecule has 3 unspecified atom stereocenters. The molecule has 1 aliphatic heterocycles. The summed E-state index contributed by atoms with van der Waals surface area (Å²) in [6.45, 7) is 4.24. The molecule has 88 valence electrons. The van der Waals surface area contributed by atoms with E-state index in [0.29, 0.717) is 12.5 Å². The summed E-state index contributed by atoms with van der Waals surface area (Å²) in [5.41, 5.74) is 5.49. The Morgan fingerprint density at radius 2 is 2.40 bits per heavy atom. The molecule has 0 bridgehead atoms. The number of likely N-dealkylation sites (tertiary alicyclic amines) is 1. The normalized spacial score (nSPS) is 30.1. The minimum absolute atomic E-state index is 0.194. The third-order valence-electron chi connectivity index (χ3n) is 3.05. The Kier molecular flexibility index (Phi) is 4.50. The van der Waals surface area contributed by atoms with Crippen molar-refractivity contribution in [2.75, 3.05) is 26.7 Å². The fraction of sp³-hybridized carbons (Fsp3) is 0.900. The third-order valence-corrected chi connectivity index (χ3v) is 3.05. The van der Waals surface area contributed by atoms with Crippen molar-refractivity contribution in [1.29, 1.82) is 0 Å². The van der Waals surface area contributed by atoms with Crippen LogP contribution in [0.2, 0.25) is 0 Å². The van der Waals surface area contributed by atoms with E-state index in [4.69, 9.17) is 15.6 Å². The Bertz CT molecular complexity index is 223. The number of hydrogen-bond acceptors (Lipinski definition) is 4. The van der Waals surface area contributed by atoms with Gasteiger partial charge in [0.15, 0.2) is 0 Å². The highest BCUT2D eigenvalue weighted by Crippen LogP contribution is 2.19. The molecule has 5 nitrogen and oxygen atoms in total. The highest BCUT2D eigenvalue weighted by molar-refractivity contribution is 5.73. The van der Waals surface area contributed by atoms with Crippen LogP contribution in [0.5, 0.6) is 0 Å². The standard InChI is InChI=1S/C10H20N2O3/c1-7-3-4-12(6-9(7)15-2)5-8(11)10(13)14/h7-9H,3-6,11H2,1-2H3,(H,13,14). The number of piperidine rings is 1. The first kappa shape index (κ1) is 12.4. The Labute approximate surface area is 90.2 Å². The first-order valence-corrected chi connectivity index (χ1v) is 5.28. The number of hydrogen-bond donors (Lipinski definition) is 2. The monoisotopic (exact) mass is 216 g/mol. The molecule has 0 aliphatic carbocycles. The van der Waals surface area contributed by atoms with Gasteiger partial charge in [-0.2, -0.15) is 0 Å². The van der Waals surface area contributed by atoms with Crippen LogP contribution in [0.1, 0.15) is 13.3 Å². The maximum absolute atomic E-state index is 10.6. The van der Waals surface area contributed by atoms with Gasteiger partial charge in [0, 0.05) is 20.2 Å². The van der Waals surface area contributed by atoms with Gasteiger partial charge in [0.05, 0.1) is 6.10 Å². The van der Waals surface area contributed by atoms with Gasteiger partial charge in [0.1, 0.15) is 6.04 Å². The second-order valence-electron chi connectivity index (χ2n) is 4.24. The summed E-state index contributed by atoms with van der Waals surface area (Å²) in [5.74, 6) is -0.408. The Hall–Kier alpha value is -0.650. The molecule has 1 heterocycles. The molecular weight excluding hydrogens is 196 g/mol. The number of aliphatic carboxylic acids is 1. The lowest BCUT2D eigenvalue weighted by atomic mass is 9.95. The van der Waals surface area contributed by atoms with Crippen LogP contribution in [0.15, 0.2) is 0 Å². The molecule has 0 aromatic rings. The molecule has 5 heteroatoms. The molecule has 1 saturated heterocycles. The minimum atomic E-state index is -0.942. The Morgan fingerprint density at radius 3 is 2.93 bits per heavy atom. The van der Waals surface area contributed by atoms with Crippen molar-refractivity contribution in [3.05, 3.63) is 0 Å². The molecule has 1 aliphatic rings. The lowest BCUT2D eigenvalue weighted by Gasteiger charge is -2.36. The van der Waals surface area contributed by atoms with Crippen molar-refractivity contribution in [2.24, 2.45) is 11.7 Å². The van der Waals surface area contributed by atoms with Crippen LogP contribution in [-0.4, -0.2) is 54.9 Å². The quantitative estimate of drug-likeness (QED) is 0.678. The topological polar surface area (TPSA) is 75.8 Å². The zero-order valence-electron chi connectivity index (χ0n) is 9.35. The summed E-state index contributed by atoms with van der Waals surface area (Å²) < 4.78 is 5.35. The maximum atomic E-state index is 10.6. The number of carboxylic acids is 1. The average molecular weight is 216 g/mol. The highest BCUT2D eigenvalue weighted by Gasteiger charge is 2.27. The van der Waals surface area contributed by atoms with E-state index in [-0.39, 0.29) is 6.10 Å². The zero-order chi connectivity index (χ0) is 11.4. The van der Waals surface area contributed by atoms with Crippen molar-refractivity contribution in [2.45, 2.75) is 25.5 Å². The van der Waals surface area contributed by atoms with Crippen molar-refractivity contribution < 1.29 is 14.6 Å². The van der Waals surface area contributed by atoms with E-state index in [9.17, 15) is 4.79 Å². The fourth-order valence-electron chi connectivity index (χ4n) is 1.93. The minimum Gasteiger partial charge on any atom is -0.480 e. The molecule has 3 atom stereocenters. The second kappa shape index (κ2) is 5.44. The molecule has 0 spiro atoms. The average Bonchev–Trinajstić information content (AvgIpc) is 2.20. The first-order chi connectivity index (χ1) is 7.04. The van der Waals surface area contributed by atoms with E-state index in [0.717, 1.165) is 19.5 Å². The molecule has 0 aromatic carbocycles. The number of ether oxygens (including phenoxy) is 1. The lowest BCUT2D eigenvalue weighted by molar-refractivity contribution is -0.139. The van der Waals surface area contributed by atoms with Gasteiger partial charge in [-0.1, -0.05) is 6.92 Å². The number of rotatable bonds is 4. The molecule has 0 radical (unpaired) electrons. The van der Waals surface area contributed by atoms with Gasteiger partial charge in [0.25, 0.3) is 0 Å². The molecule has 1 fully saturated rings. The van der Waals surface area contributed by atoms with E-state index in [1.807, 2.05) is 0 Å². The van der Waals surface area contributed by atoms with Gasteiger partial charge in [-0.25, -0.2) is 0 Å². The van der Waals surface area contributed by atoms with Crippen molar-refractivity contribution in [1.82, 2.24) is 4.90 Å². The van der Waals surface area contributed by atoms with Crippen LogP contribution in [0, 0.1) is 5.92 Å². The number of nitrogens with two attached hydrogens (primary N) is 1. The molecule has 15 heavy (non-hydrogen) atoms. The number of methoxy groups -OCH3 is 1. The summed E-state index contributed by atoms with van der Waals surface area (Å²) in [4.78, 5) is 12.7. The Balaban J connectivity index is 2.41. The molecular formula is C10H20N2O3. The van der Waals surface area contributed by atoms with Gasteiger partial charge in [0.2, 0.25) is 0 Å². The van der Waals surface area contributed by atoms with Gasteiger partial charge in [-0.15, -0.1) is 0 Å². The highest BCUT2D eigenvalue weighted by atomic mass is 16.5. The van der Waals surface area contributed by atoms with Gasteiger partial charge in [-0.3, -0.25) is 9.69 Å². The molecule has 0 aromatic heterocycles. The lowest BCUT2D eigenvalue weighted by Crippen LogP contribution is -2.50. The predicted molar refractivity (Wildman–Crippen MR) is 56.6 cm³/mol. The number of carbonyl (C=O) groups is 1.